The fourth-order valence-electron chi connectivity index (χ4n) is 0.963. The quantitative estimate of drug-likeness (QED) is 0.651. The van der Waals surface area contributed by atoms with Gasteiger partial charge in [-0.15, -0.1) is 0 Å². The van der Waals surface area contributed by atoms with E-state index in [0.717, 1.165) is 0 Å². The Morgan fingerprint density at radius 3 is 2.93 bits per heavy atom. The summed E-state index contributed by atoms with van der Waals surface area (Å²) in [7, 11) is 0. The van der Waals surface area contributed by atoms with Crippen LogP contribution in [-0.2, 0) is 4.74 Å². The first kappa shape index (κ1) is 5.95. The molecule has 0 aromatic heterocycles. The van der Waals surface area contributed by atoms with Crippen molar-refractivity contribution >= 4 is 6.09 Å². The number of rotatable bonds is 0. The Labute approximate surface area is 91.9 Å². The molecular formula is C10H19NO3. The van der Waals surface area contributed by atoms with Gasteiger partial charge in [-0.25, -0.2) is 4.79 Å². The molecule has 14 heavy (non-hydrogen) atoms. The van der Waals surface area contributed by atoms with Crippen LogP contribution in [0.25, 0.3) is 0 Å². The summed E-state index contributed by atoms with van der Waals surface area (Å²) in [5, 5.41) is 9.81. The number of β-amino-alcohol motifs (C(OH)–C–C–N with tert-alkyl or cyclic N) is 1. The smallest absolute Gasteiger partial charge is 0.410 e. The highest BCUT2D eigenvalue weighted by Gasteiger charge is 2.26. The van der Waals surface area contributed by atoms with Crippen molar-refractivity contribution in [3.05, 3.63) is 0 Å². The number of piperidine rings is 1. The number of carbonyl (C=O) groups is 1. The summed E-state index contributed by atoms with van der Waals surface area (Å²) in [4.78, 5) is 12.4. The minimum absolute atomic E-state index is 0.268. The molecule has 0 unspecified atom stereocenters. The van der Waals surface area contributed by atoms with E-state index in [9.17, 15) is 9.90 Å². The summed E-state index contributed by atoms with van der Waals surface area (Å²) in [6, 6.07) is 0. The zero-order valence-corrected chi connectivity index (χ0v) is 8.63. The number of hydrogen-bond acceptors (Lipinski definition) is 3. The van der Waals surface area contributed by atoms with E-state index in [1.807, 2.05) is 0 Å². The summed E-state index contributed by atoms with van der Waals surface area (Å²) in [6.45, 7) is 1.68. The van der Waals surface area contributed by atoms with Gasteiger partial charge in [0.2, 0.25) is 0 Å². The van der Waals surface area contributed by atoms with Crippen molar-refractivity contribution in [3.63, 3.8) is 0 Å². The first-order valence-electron chi connectivity index (χ1n) is 6.95. The predicted octanol–water partition coefficient (Wildman–Crippen LogP) is 1.38. The van der Waals surface area contributed by atoms with Gasteiger partial charge in [-0.05, 0) is 33.6 Å². The van der Waals surface area contributed by atoms with Crippen molar-refractivity contribution in [2.45, 2.75) is 45.2 Å². The SMILES string of the molecule is [2H]C1([2H])CCN(C(=O)OC(C)(C)C)C([2H])([2H])[C@@]1([2H])O. The number of nitrogens with zero attached hydrogens (tertiary/aromatic N) is 1. The fourth-order valence-corrected chi connectivity index (χ4v) is 0.963. The molecule has 0 aromatic rings. The Kier molecular flexibility index (Phi) is 1.77. The van der Waals surface area contributed by atoms with E-state index in [-0.39, 0.29) is 13.0 Å². The Bertz CT molecular complexity index is 378. The Morgan fingerprint density at radius 2 is 2.36 bits per heavy atom. The number of ether oxygens (including phenoxy) is 1. The molecule has 1 fully saturated rings. The molecule has 82 valence electrons. The molecule has 4 nitrogen and oxygen atoms in total. The van der Waals surface area contributed by atoms with Gasteiger partial charge in [-0.3, -0.25) is 0 Å². The topological polar surface area (TPSA) is 49.8 Å². The van der Waals surface area contributed by atoms with Crippen LogP contribution in [0.4, 0.5) is 4.79 Å². The van der Waals surface area contributed by atoms with Gasteiger partial charge in [0.1, 0.15) is 5.60 Å². The van der Waals surface area contributed by atoms with Crippen molar-refractivity contribution < 1.29 is 21.5 Å². The fraction of sp³-hybridized carbons (Fsp3) is 0.900. The molecule has 1 heterocycles. The molecule has 1 saturated heterocycles. The zero-order valence-electron chi connectivity index (χ0n) is 13.6. The molecule has 4 heteroatoms. The van der Waals surface area contributed by atoms with Crippen LogP contribution in [0.5, 0.6) is 0 Å². The summed E-state index contributed by atoms with van der Waals surface area (Å²) in [5.74, 6) is 0. The summed E-state index contributed by atoms with van der Waals surface area (Å²) in [6.07, 6.45) is -6.87. The number of likely N-dealkylation sites (tertiary alicyclic amines) is 1. The van der Waals surface area contributed by atoms with Gasteiger partial charge in [-0.1, -0.05) is 0 Å². The first-order valence-corrected chi connectivity index (χ1v) is 4.45. The van der Waals surface area contributed by atoms with E-state index in [0.29, 0.717) is 4.90 Å². The van der Waals surface area contributed by atoms with Crippen LogP contribution in [0.2, 0.25) is 0 Å². The average Bonchev–Trinajstić information content (AvgIpc) is 2.11. The summed E-state index contributed by atoms with van der Waals surface area (Å²) < 4.78 is 42.9. The van der Waals surface area contributed by atoms with Crippen LogP contribution in [0.15, 0.2) is 0 Å². The van der Waals surface area contributed by atoms with Gasteiger partial charge >= 0.3 is 6.09 Å². The molecule has 1 N–H and O–H groups in total. The van der Waals surface area contributed by atoms with E-state index in [1.54, 1.807) is 20.8 Å². The molecule has 1 rings (SSSR count). The molecule has 1 amide bonds. The number of carbonyl (C=O) groups excluding carboxylic acids is 1. The molecule has 0 bridgehead atoms. The molecule has 0 aromatic carbocycles. The average molecular weight is 206 g/mol. The van der Waals surface area contributed by atoms with Crippen LogP contribution in [-0.4, -0.2) is 40.8 Å². The third-order valence-electron chi connectivity index (χ3n) is 1.48. The second kappa shape index (κ2) is 4.17. The largest absolute Gasteiger partial charge is 0.444 e. The van der Waals surface area contributed by atoms with Gasteiger partial charge in [0.05, 0.1) is 10.2 Å². The van der Waals surface area contributed by atoms with E-state index >= 15 is 0 Å². The normalized spacial score (nSPS) is 41.1. The molecule has 0 saturated carbocycles. The van der Waals surface area contributed by atoms with Gasteiger partial charge < -0.3 is 14.7 Å². The van der Waals surface area contributed by atoms with Crippen molar-refractivity contribution in [2.75, 3.05) is 13.0 Å². The van der Waals surface area contributed by atoms with E-state index < -0.39 is 30.6 Å². The second-order valence-corrected chi connectivity index (χ2v) is 4.02. The lowest BCUT2D eigenvalue weighted by molar-refractivity contribution is 0.00391. The van der Waals surface area contributed by atoms with Gasteiger partial charge in [0, 0.05) is 15.8 Å². The summed E-state index contributed by atoms with van der Waals surface area (Å²) >= 11 is 0. The highest BCUT2D eigenvalue weighted by molar-refractivity contribution is 5.68. The van der Waals surface area contributed by atoms with E-state index in [2.05, 4.69) is 0 Å². The highest BCUT2D eigenvalue weighted by atomic mass is 16.6. The van der Waals surface area contributed by atoms with Crippen molar-refractivity contribution in [3.8, 4) is 0 Å². The Balaban J connectivity index is 3.04. The maximum absolute atomic E-state index is 11.9. The standard InChI is InChI=1S/C10H19NO3/c1-10(2,3)14-9(13)11-6-4-5-8(12)7-11/h8,12H,4-7H2,1-3H3/t8-/m0/s1/i5D2,7D2,8D. The molecule has 0 radical (unpaired) electrons. The van der Waals surface area contributed by atoms with E-state index in [4.69, 9.17) is 11.6 Å². The monoisotopic (exact) mass is 206 g/mol. The van der Waals surface area contributed by atoms with Crippen molar-refractivity contribution in [1.82, 2.24) is 4.90 Å². The van der Waals surface area contributed by atoms with Gasteiger partial charge in [0.15, 0.2) is 0 Å². The minimum atomic E-state index is -3.06. The van der Waals surface area contributed by atoms with Gasteiger partial charge in [0.25, 0.3) is 0 Å². The highest BCUT2D eigenvalue weighted by Crippen LogP contribution is 2.14. The molecule has 0 spiro atoms. The van der Waals surface area contributed by atoms with Crippen molar-refractivity contribution in [2.24, 2.45) is 0 Å². The van der Waals surface area contributed by atoms with Crippen LogP contribution >= 0.6 is 0 Å². The van der Waals surface area contributed by atoms with Crippen molar-refractivity contribution in [1.29, 1.82) is 0 Å². The molecule has 1 aliphatic heterocycles. The van der Waals surface area contributed by atoms with Crippen LogP contribution < -0.4 is 0 Å². The lowest BCUT2D eigenvalue weighted by atomic mass is 10.1. The summed E-state index contributed by atoms with van der Waals surface area (Å²) in [5.41, 5.74) is -0.843. The minimum Gasteiger partial charge on any atom is -0.444 e. The van der Waals surface area contributed by atoms with Gasteiger partial charge in [-0.2, -0.15) is 0 Å². The second-order valence-electron chi connectivity index (χ2n) is 4.02. The molecule has 1 aliphatic rings. The van der Waals surface area contributed by atoms with Crippen LogP contribution in [0, 0.1) is 0 Å². The molecule has 1 atom stereocenters. The predicted molar refractivity (Wildman–Crippen MR) is 53.0 cm³/mol. The third kappa shape index (κ3) is 3.54. The maximum atomic E-state index is 11.9. The number of aliphatic hydroxyl groups is 1. The Hall–Kier alpha value is -0.770. The van der Waals surface area contributed by atoms with Crippen LogP contribution in [0.3, 0.4) is 0 Å². The molecular weight excluding hydrogens is 182 g/mol. The van der Waals surface area contributed by atoms with E-state index in [1.165, 1.54) is 0 Å². The Morgan fingerprint density at radius 1 is 1.71 bits per heavy atom. The zero-order chi connectivity index (χ0) is 15.3. The maximum Gasteiger partial charge on any atom is 0.410 e. The lowest BCUT2D eigenvalue weighted by Crippen LogP contribution is -2.44. The number of hydrogen-bond donors (Lipinski definition) is 1. The number of amides is 1. The van der Waals surface area contributed by atoms with Crippen LogP contribution in [0.1, 0.15) is 40.4 Å². The first-order chi connectivity index (χ1) is 8.22. The lowest BCUT2D eigenvalue weighted by Gasteiger charge is -2.32. The molecule has 0 aliphatic carbocycles. The third-order valence-corrected chi connectivity index (χ3v) is 1.48.